The van der Waals surface area contributed by atoms with Crippen LogP contribution in [-0.2, 0) is 4.79 Å². The molecule has 0 radical (unpaired) electrons. The molecular weight excluding hydrogens is 376 g/mol. The lowest BCUT2D eigenvalue weighted by molar-refractivity contribution is -0.870. The third-order valence-corrected chi connectivity index (χ3v) is 3.80. The smallest absolute Gasteiger partial charge is 0.221 e. The molecule has 2 aromatic rings. The molecule has 0 unspecified atom stereocenters. The van der Waals surface area contributed by atoms with Gasteiger partial charge in [0.2, 0.25) is 5.91 Å². The number of azo groups is 1. The summed E-state index contributed by atoms with van der Waals surface area (Å²) in [6.07, 6.45) is 2.20. The molecule has 0 bridgehead atoms. The average Bonchev–Trinajstić information content (AvgIpc) is 2.60. The summed E-state index contributed by atoms with van der Waals surface area (Å²) in [7, 11) is 6.60. The number of rotatable bonds is 9. The van der Waals surface area contributed by atoms with E-state index in [0.717, 1.165) is 53.3 Å². The number of unbranched alkanes of at least 4 members (excludes halogenated alkanes) is 1. The number of carbonyl (C=O) groups is 1. The zero-order valence-electron chi connectivity index (χ0n) is 17.0. The Morgan fingerprint density at radius 1 is 0.929 bits per heavy atom. The van der Waals surface area contributed by atoms with E-state index in [1.807, 2.05) is 36.4 Å². The van der Waals surface area contributed by atoms with E-state index in [0.29, 0.717) is 0 Å². The standard InChI is InChI=1S/C21H28N4O2.ClH/c1-17(26)22-18-7-9-19(10-8-18)23-24-20-11-13-21(14-12-20)27-16-6-5-15-25(2,3)4;/h7-14H,5-6,15-16H2,1-4H3;1H. The summed E-state index contributed by atoms with van der Waals surface area (Å²) >= 11 is 0. The first kappa shape index (κ1) is 23.6. The predicted molar refractivity (Wildman–Crippen MR) is 109 cm³/mol. The second-order valence-corrected chi connectivity index (χ2v) is 7.49. The molecule has 28 heavy (non-hydrogen) atoms. The molecule has 0 aliphatic carbocycles. The highest BCUT2D eigenvalue weighted by Gasteiger charge is 2.05. The maximum absolute atomic E-state index is 11.0. The third kappa shape index (κ3) is 9.48. The van der Waals surface area contributed by atoms with Crippen LogP contribution in [-0.4, -0.2) is 44.7 Å². The van der Waals surface area contributed by atoms with Gasteiger partial charge < -0.3 is 26.9 Å². The van der Waals surface area contributed by atoms with E-state index in [9.17, 15) is 4.79 Å². The Morgan fingerprint density at radius 2 is 1.46 bits per heavy atom. The fourth-order valence-electron chi connectivity index (χ4n) is 2.42. The molecule has 0 aromatic heterocycles. The number of carbonyl (C=O) groups excluding carboxylic acids is 1. The van der Waals surface area contributed by atoms with Crippen LogP contribution in [0.4, 0.5) is 17.1 Å². The summed E-state index contributed by atoms with van der Waals surface area (Å²) in [6.45, 7) is 3.35. The first-order chi connectivity index (χ1) is 12.8. The van der Waals surface area contributed by atoms with Gasteiger partial charge in [-0.2, -0.15) is 10.2 Å². The Kier molecular flexibility index (Phi) is 9.62. The van der Waals surface area contributed by atoms with Gasteiger partial charge in [-0.15, -0.1) is 0 Å². The van der Waals surface area contributed by atoms with Gasteiger partial charge in [0.1, 0.15) is 5.75 Å². The van der Waals surface area contributed by atoms with Gasteiger partial charge in [-0.05, 0) is 61.4 Å². The Balaban J connectivity index is 0.00000392. The predicted octanol–water partition coefficient (Wildman–Crippen LogP) is 1.93. The van der Waals surface area contributed by atoms with Crippen molar-refractivity contribution < 1.29 is 26.4 Å². The van der Waals surface area contributed by atoms with E-state index < -0.39 is 0 Å². The molecule has 6 nitrogen and oxygen atoms in total. The lowest BCUT2D eigenvalue weighted by atomic mass is 10.3. The molecular formula is C21H29ClN4O2. The Morgan fingerprint density at radius 3 is 1.96 bits per heavy atom. The van der Waals surface area contributed by atoms with E-state index in [-0.39, 0.29) is 18.3 Å². The number of hydrogen-bond donors (Lipinski definition) is 1. The number of amides is 1. The van der Waals surface area contributed by atoms with Crippen molar-refractivity contribution in [3.05, 3.63) is 48.5 Å². The van der Waals surface area contributed by atoms with E-state index in [2.05, 4.69) is 36.7 Å². The van der Waals surface area contributed by atoms with Crippen LogP contribution in [0.15, 0.2) is 58.8 Å². The van der Waals surface area contributed by atoms with Crippen molar-refractivity contribution >= 4 is 23.0 Å². The quantitative estimate of drug-likeness (QED) is 0.394. The molecule has 2 aromatic carbocycles. The summed E-state index contributed by atoms with van der Waals surface area (Å²) in [6, 6.07) is 14.8. The molecule has 0 fully saturated rings. The number of halogens is 1. The van der Waals surface area contributed by atoms with Gasteiger partial charge in [-0.3, -0.25) is 4.79 Å². The van der Waals surface area contributed by atoms with E-state index in [4.69, 9.17) is 4.74 Å². The van der Waals surface area contributed by atoms with Crippen molar-refractivity contribution in [2.75, 3.05) is 39.6 Å². The van der Waals surface area contributed by atoms with Crippen molar-refractivity contribution in [1.29, 1.82) is 0 Å². The molecule has 0 atom stereocenters. The topological polar surface area (TPSA) is 63.0 Å². The summed E-state index contributed by atoms with van der Waals surface area (Å²) in [4.78, 5) is 11.0. The van der Waals surface area contributed by atoms with Crippen molar-refractivity contribution in [3.8, 4) is 5.75 Å². The maximum Gasteiger partial charge on any atom is 0.221 e. The van der Waals surface area contributed by atoms with Gasteiger partial charge in [-0.25, -0.2) is 0 Å². The van der Waals surface area contributed by atoms with Gasteiger partial charge >= 0.3 is 0 Å². The highest BCUT2D eigenvalue weighted by atomic mass is 35.5. The molecule has 2 rings (SSSR count). The van der Waals surface area contributed by atoms with Crippen LogP contribution in [0.25, 0.3) is 0 Å². The number of quaternary nitrogens is 1. The van der Waals surface area contributed by atoms with Crippen molar-refractivity contribution in [2.24, 2.45) is 10.2 Å². The van der Waals surface area contributed by atoms with Crippen LogP contribution >= 0.6 is 0 Å². The Hall–Kier alpha value is -2.44. The summed E-state index contributed by atoms with van der Waals surface area (Å²) < 4.78 is 6.75. The molecule has 7 heteroatoms. The van der Waals surface area contributed by atoms with Crippen LogP contribution in [0.2, 0.25) is 0 Å². The van der Waals surface area contributed by atoms with Crippen molar-refractivity contribution in [1.82, 2.24) is 0 Å². The van der Waals surface area contributed by atoms with Gasteiger partial charge in [0.15, 0.2) is 0 Å². The van der Waals surface area contributed by atoms with Crippen LogP contribution in [0, 0.1) is 0 Å². The molecule has 0 saturated heterocycles. The molecule has 1 N–H and O–H groups in total. The summed E-state index contributed by atoms with van der Waals surface area (Å²) in [5, 5.41) is 11.1. The Bertz CT molecular complexity index is 753. The number of ether oxygens (including phenoxy) is 1. The first-order valence-corrected chi connectivity index (χ1v) is 9.14. The van der Waals surface area contributed by atoms with Crippen LogP contribution in [0.1, 0.15) is 19.8 Å². The van der Waals surface area contributed by atoms with E-state index in [1.54, 1.807) is 12.1 Å². The molecule has 1 amide bonds. The number of nitrogens with zero attached hydrogens (tertiary/aromatic N) is 3. The van der Waals surface area contributed by atoms with Crippen LogP contribution in [0.5, 0.6) is 5.75 Å². The zero-order chi connectivity index (χ0) is 19.7. The highest BCUT2D eigenvalue weighted by Crippen LogP contribution is 2.22. The molecule has 0 aliphatic rings. The Labute approximate surface area is 173 Å². The lowest BCUT2D eigenvalue weighted by Gasteiger charge is -2.23. The van der Waals surface area contributed by atoms with Gasteiger partial charge in [0, 0.05) is 12.6 Å². The number of hydrogen-bond acceptors (Lipinski definition) is 4. The second kappa shape index (κ2) is 11.4. The minimum absolute atomic E-state index is 0. The summed E-state index contributed by atoms with van der Waals surface area (Å²) in [5.74, 6) is 0.749. The molecule has 0 aliphatic heterocycles. The first-order valence-electron chi connectivity index (χ1n) is 9.14. The minimum atomic E-state index is -0.0972. The summed E-state index contributed by atoms with van der Waals surface area (Å²) in [5.41, 5.74) is 2.23. The molecule has 152 valence electrons. The number of benzene rings is 2. The van der Waals surface area contributed by atoms with E-state index >= 15 is 0 Å². The van der Waals surface area contributed by atoms with Gasteiger partial charge in [0.05, 0.1) is 45.7 Å². The molecule has 0 saturated carbocycles. The van der Waals surface area contributed by atoms with Crippen LogP contribution in [0.3, 0.4) is 0 Å². The largest absolute Gasteiger partial charge is 1.00 e. The lowest BCUT2D eigenvalue weighted by Crippen LogP contribution is -3.00. The number of nitrogens with one attached hydrogen (secondary N) is 1. The fourth-order valence-corrected chi connectivity index (χ4v) is 2.42. The van der Waals surface area contributed by atoms with Crippen molar-refractivity contribution in [2.45, 2.75) is 19.8 Å². The minimum Gasteiger partial charge on any atom is -1.00 e. The molecule has 0 spiro atoms. The van der Waals surface area contributed by atoms with Crippen LogP contribution < -0.4 is 22.5 Å². The normalized spacial score (nSPS) is 11.1. The second-order valence-electron chi connectivity index (χ2n) is 7.49. The van der Waals surface area contributed by atoms with E-state index in [1.165, 1.54) is 6.92 Å². The zero-order valence-corrected chi connectivity index (χ0v) is 17.7. The van der Waals surface area contributed by atoms with Crippen molar-refractivity contribution in [3.63, 3.8) is 0 Å². The van der Waals surface area contributed by atoms with Gasteiger partial charge in [0.25, 0.3) is 0 Å². The fraction of sp³-hybridized carbons (Fsp3) is 0.381. The monoisotopic (exact) mass is 404 g/mol. The maximum atomic E-state index is 11.0. The SMILES string of the molecule is CC(=O)Nc1ccc(N=Nc2ccc(OCCCC[N+](C)(C)C)cc2)cc1.[Cl-]. The highest BCUT2D eigenvalue weighted by molar-refractivity contribution is 5.88. The third-order valence-electron chi connectivity index (χ3n) is 3.80. The number of anilines is 1. The molecule has 0 heterocycles. The average molecular weight is 405 g/mol. The van der Waals surface area contributed by atoms with Gasteiger partial charge in [-0.1, -0.05) is 0 Å².